The molecule has 0 unspecified atom stereocenters. The Balaban J connectivity index is 1.55. The molecule has 3 aromatic rings. The quantitative estimate of drug-likeness (QED) is 0.681. The van der Waals surface area contributed by atoms with Crippen LogP contribution in [0.25, 0.3) is 10.9 Å². The Morgan fingerprint density at radius 1 is 1.32 bits per heavy atom. The second-order valence-electron chi connectivity index (χ2n) is 4.67. The minimum atomic E-state index is 0.760. The highest BCUT2D eigenvalue weighted by Crippen LogP contribution is 2.17. The molecule has 3 rings (SSSR count). The molecule has 0 radical (unpaired) electrons. The summed E-state index contributed by atoms with van der Waals surface area (Å²) in [5, 5.41) is 12.6. The second kappa shape index (κ2) is 5.24. The first kappa shape index (κ1) is 11.9. The van der Waals surface area contributed by atoms with Gasteiger partial charge in [-0.3, -0.25) is 4.68 Å². The normalized spacial score (nSPS) is 11.2. The number of rotatable bonds is 5. The van der Waals surface area contributed by atoms with Crippen molar-refractivity contribution in [2.75, 3.05) is 6.54 Å². The van der Waals surface area contributed by atoms with Gasteiger partial charge in [0.05, 0.1) is 5.69 Å². The number of aromatic amines is 1. The lowest BCUT2D eigenvalue weighted by Gasteiger charge is -2.01. The largest absolute Gasteiger partial charge is 0.361 e. The average Bonchev–Trinajstić information content (AvgIpc) is 3.02. The number of aryl methyl sites for hydroxylation is 1. The maximum Gasteiger partial charge on any atom is 0.0964 e. The topological polar surface area (TPSA) is 58.5 Å². The van der Waals surface area contributed by atoms with Crippen LogP contribution in [-0.2, 0) is 20.0 Å². The van der Waals surface area contributed by atoms with E-state index in [1.165, 1.54) is 16.5 Å². The number of hydrogen-bond acceptors (Lipinski definition) is 3. The highest BCUT2D eigenvalue weighted by atomic mass is 15.4. The van der Waals surface area contributed by atoms with Crippen LogP contribution >= 0.6 is 0 Å². The number of aromatic nitrogens is 4. The molecule has 98 valence electrons. The fourth-order valence-corrected chi connectivity index (χ4v) is 2.25. The smallest absolute Gasteiger partial charge is 0.0964 e. The van der Waals surface area contributed by atoms with Crippen LogP contribution in [0.1, 0.15) is 11.3 Å². The maximum absolute atomic E-state index is 4.04. The summed E-state index contributed by atoms with van der Waals surface area (Å²) in [6.07, 6.45) is 5.03. The molecule has 0 amide bonds. The maximum atomic E-state index is 4.04. The monoisotopic (exact) mass is 255 g/mol. The summed E-state index contributed by atoms with van der Waals surface area (Å²) in [5.74, 6) is 0. The Hall–Kier alpha value is -2.14. The summed E-state index contributed by atoms with van der Waals surface area (Å²) in [6.45, 7) is 1.69. The molecule has 2 heterocycles. The number of nitrogens with one attached hydrogen (secondary N) is 2. The van der Waals surface area contributed by atoms with Crippen LogP contribution in [0, 0.1) is 0 Å². The molecular weight excluding hydrogens is 238 g/mol. The number of nitrogens with zero attached hydrogens (tertiary/aromatic N) is 3. The van der Waals surface area contributed by atoms with E-state index in [4.69, 9.17) is 0 Å². The summed E-state index contributed by atoms with van der Waals surface area (Å²) in [7, 11) is 1.88. The predicted molar refractivity (Wildman–Crippen MR) is 74.7 cm³/mol. The molecule has 0 atom stereocenters. The van der Waals surface area contributed by atoms with E-state index in [0.29, 0.717) is 0 Å². The van der Waals surface area contributed by atoms with Gasteiger partial charge in [-0.05, 0) is 24.6 Å². The Bertz CT molecular complexity index is 667. The van der Waals surface area contributed by atoms with Crippen LogP contribution in [-0.4, -0.2) is 26.5 Å². The molecule has 1 aromatic carbocycles. The van der Waals surface area contributed by atoms with Gasteiger partial charge in [0.1, 0.15) is 0 Å². The van der Waals surface area contributed by atoms with E-state index in [-0.39, 0.29) is 0 Å². The first-order valence-corrected chi connectivity index (χ1v) is 6.44. The Morgan fingerprint density at radius 2 is 2.21 bits per heavy atom. The van der Waals surface area contributed by atoms with Gasteiger partial charge in [-0.25, -0.2) is 0 Å². The van der Waals surface area contributed by atoms with E-state index in [9.17, 15) is 0 Å². The van der Waals surface area contributed by atoms with E-state index in [2.05, 4.69) is 51.1 Å². The standard InChI is InChI=1S/C14H17N5/c1-19-10-12(17-18-19)9-15-7-6-11-8-16-14-5-3-2-4-13(11)14/h2-5,8,10,15-16H,6-7,9H2,1H3. The number of H-pyrrole nitrogens is 1. The fraction of sp³-hybridized carbons (Fsp3) is 0.286. The van der Waals surface area contributed by atoms with Crippen LogP contribution in [0.2, 0.25) is 0 Å². The van der Waals surface area contributed by atoms with Gasteiger partial charge in [0.2, 0.25) is 0 Å². The fourth-order valence-electron chi connectivity index (χ4n) is 2.25. The molecule has 0 fully saturated rings. The third-order valence-electron chi connectivity index (χ3n) is 3.20. The predicted octanol–water partition coefficient (Wildman–Crippen LogP) is 1.63. The highest BCUT2D eigenvalue weighted by molar-refractivity contribution is 5.83. The van der Waals surface area contributed by atoms with Crippen molar-refractivity contribution in [3.05, 3.63) is 47.9 Å². The van der Waals surface area contributed by atoms with Crippen molar-refractivity contribution >= 4 is 10.9 Å². The van der Waals surface area contributed by atoms with Crippen molar-refractivity contribution in [1.82, 2.24) is 25.3 Å². The summed E-state index contributed by atoms with van der Waals surface area (Å²) >= 11 is 0. The highest BCUT2D eigenvalue weighted by Gasteiger charge is 2.02. The summed E-state index contributed by atoms with van der Waals surface area (Å²) in [6, 6.07) is 8.39. The van der Waals surface area contributed by atoms with Gasteiger partial charge >= 0.3 is 0 Å². The van der Waals surface area contributed by atoms with Crippen LogP contribution in [0.4, 0.5) is 0 Å². The molecule has 0 aliphatic rings. The SMILES string of the molecule is Cn1cc(CNCCc2c[nH]c3ccccc23)nn1. The Labute approximate surface area is 111 Å². The van der Waals surface area contributed by atoms with Gasteiger partial charge in [-0.15, -0.1) is 5.10 Å². The van der Waals surface area contributed by atoms with Crippen molar-refractivity contribution in [1.29, 1.82) is 0 Å². The minimum Gasteiger partial charge on any atom is -0.361 e. The van der Waals surface area contributed by atoms with E-state index < -0.39 is 0 Å². The van der Waals surface area contributed by atoms with Gasteiger partial charge in [-0.1, -0.05) is 23.4 Å². The lowest BCUT2D eigenvalue weighted by atomic mass is 10.1. The molecule has 19 heavy (non-hydrogen) atoms. The minimum absolute atomic E-state index is 0.760. The van der Waals surface area contributed by atoms with Crippen LogP contribution < -0.4 is 5.32 Å². The molecule has 0 aliphatic heterocycles. The number of fused-ring (bicyclic) bond motifs is 1. The zero-order valence-electron chi connectivity index (χ0n) is 10.9. The number of para-hydroxylation sites is 1. The molecule has 0 saturated heterocycles. The lowest BCUT2D eigenvalue weighted by molar-refractivity contribution is 0.671. The number of hydrogen-bond donors (Lipinski definition) is 2. The van der Waals surface area contributed by atoms with Crippen LogP contribution in [0.15, 0.2) is 36.7 Å². The van der Waals surface area contributed by atoms with E-state index in [1.54, 1.807) is 4.68 Å². The average molecular weight is 255 g/mol. The molecule has 0 spiro atoms. The summed E-state index contributed by atoms with van der Waals surface area (Å²) < 4.78 is 1.72. The van der Waals surface area contributed by atoms with E-state index in [1.807, 2.05) is 13.2 Å². The van der Waals surface area contributed by atoms with Crippen molar-refractivity contribution < 1.29 is 0 Å². The first-order valence-electron chi connectivity index (χ1n) is 6.44. The summed E-state index contributed by atoms with van der Waals surface area (Å²) in [5.41, 5.74) is 3.52. The molecule has 2 aromatic heterocycles. The molecule has 2 N–H and O–H groups in total. The number of benzene rings is 1. The van der Waals surface area contributed by atoms with Crippen LogP contribution in [0.3, 0.4) is 0 Å². The molecule has 5 heteroatoms. The summed E-state index contributed by atoms with van der Waals surface area (Å²) in [4.78, 5) is 3.30. The third kappa shape index (κ3) is 2.66. The van der Waals surface area contributed by atoms with Gasteiger partial charge < -0.3 is 10.3 Å². The van der Waals surface area contributed by atoms with Gasteiger partial charge in [-0.2, -0.15) is 0 Å². The molecule has 0 bridgehead atoms. The second-order valence-corrected chi connectivity index (χ2v) is 4.67. The van der Waals surface area contributed by atoms with E-state index in [0.717, 1.165) is 25.2 Å². The molecular formula is C14H17N5. The van der Waals surface area contributed by atoms with Gasteiger partial charge in [0.25, 0.3) is 0 Å². The van der Waals surface area contributed by atoms with Crippen molar-refractivity contribution in [3.8, 4) is 0 Å². The molecule has 0 aliphatic carbocycles. The zero-order chi connectivity index (χ0) is 13.1. The van der Waals surface area contributed by atoms with Gasteiger partial charge in [0, 0.05) is 36.9 Å². The van der Waals surface area contributed by atoms with Crippen molar-refractivity contribution in [2.45, 2.75) is 13.0 Å². The van der Waals surface area contributed by atoms with Crippen LogP contribution in [0.5, 0.6) is 0 Å². The Morgan fingerprint density at radius 3 is 3.05 bits per heavy atom. The molecule has 0 saturated carbocycles. The lowest BCUT2D eigenvalue weighted by Crippen LogP contribution is -2.16. The zero-order valence-corrected chi connectivity index (χ0v) is 10.9. The van der Waals surface area contributed by atoms with E-state index >= 15 is 0 Å². The first-order chi connectivity index (χ1) is 9.33. The van der Waals surface area contributed by atoms with Gasteiger partial charge in [0.15, 0.2) is 0 Å². The van der Waals surface area contributed by atoms with Crippen molar-refractivity contribution in [3.63, 3.8) is 0 Å². The van der Waals surface area contributed by atoms with Crippen molar-refractivity contribution in [2.24, 2.45) is 7.05 Å². The third-order valence-corrected chi connectivity index (χ3v) is 3.20. The molecule has 5 nitrogen and oxygen atoms in total. The Kier molecular flexibility index (Phi) is 3.29.